The first kappa shape index (κ1) is 16.6. The number of thiophene rings is 2. The summed E-state index contributed by atoms with van der Waals surface area (Å²) in [5.74, 6) is -0.741. The minimum absolute atomic E-state index is 0.105. The Morgan fingerprint density at radius 3 is 2.26 bits per heavy atom. The fourth-order valence-electron chi connectivity index (χ4n) is 2.63. The van der Waals surface area contributed by atoms with Crippen molar-refractivity contribution in [3.05, 3.63) is 44.8 Å². The standard InChI is InChI=1S/C16H19NO4S2/c18-14(21-11-15(19)5-7-17-8-6-15)16(20,12-3-1-9-22-12)13-4-2-10-23-13/h1-4,9-10,17,19-20H,5-8,11H2. The molecule has 0 bridgehead atoms. The average Bonchev–Trinajstić information content (AvgIpc) is 3.25. The van der Waals surface area contributed by atoms with Gasteiger partial charge in [-0.15, -0.1) is 22.7 Å². The molecule has 23 heavy (non-hydrogen) atoms. The first-order chi connectivity index (χ1) is 11.0. The zero-order chi connectivity index (χ0) is 16.3. The highest BCUT2D eigenvalue weighted by molar-refractivity contribution is 7.12. The Morgan fingerprint density at radius 2 is 1.78 bits per heavy atom. The summed E-state index contributed by atoms with van der Waals surface area (Å²) in [7, 11) is 0. The van der Waals surface area contributed by atoms with E-state index in [1.165, 1.54) is 22.7 Å². The number of carbonyl (C=O) groups excluding carboxylic acids is 1. The molecule has 2 aromatic rings. The maximum absolute atomic E-state index is 12.7. The predicted octanol–water partition coefficient (Wildman–Crippen LogP) is 1.70. The van der Waals surface area contributed by atoms with Crippen LogP contribution in [0, 0.1) is 0 Å². The first-order valence-corrected chi connectivity index (χ1v) is 9.21. The van der Waals surface area contributed by atoms with Gasteiger partial charge in [0.1, 0.15) is 12.2 Å². The number of hydrogen-bond donors (Lipinski definition) is 3. The second-order valence-corrected chi connectivity index (χ2v) is 7.61. The molecule has 124 valence electrons. The smallest absolute Gasteiger partial charge is 0.349 e. The van der Waals surface area contributed by atoms with E-state index in [9.17, 15) is 15.0 Å². The number of aliphatic hydroxyl groups is 2. The summed E-state index contributed by atoms with van der Waals surface area (Å²) < 4.78 is 5.34. The monoisotopic (exact) mass is 353 g/mol. The molecule has 7 heteroatoms. The molecule has 0 aromatic carbocycles. The number of carbonyl (C=O) groups is 1. The van der Waals surface area contributed by atoms with Crippen molar-refractivity contribution >= 4 is 28.6 Å². The molecule has 1 saturated heterocycles. The normalized spacial score (nSPS) is 17.8. The molecule has 0 atom stereocenters. The van der Waals surface area contributed by atoms with Crippen LogP contribution in [0.1, 0.15) is 22.6 Å². The molecule has 1 aliphatic heterocycles. The van der Waals surface area contributed by atoms with Crippen molar-refractivity contribution in [1.82, 2.24) is 5.32 Å². The average molecular weight is 353 g/mol. The van der Waals surface area contributed by atoms with E-state index in [-0.39, 0.29) is 6.61 Å². The lowest BCUT2D eigenvalue weighted by atomic mass is 9.93. The SMILES string of the molecule is O=C(OCC1(O)CCNCC1)C(O)(c1cccs1)c1cccs1. The number of nitrogens with one attached hydrogen (secondary N) is 1. The number of hydrogen-bond acceptors (Lipinski definition) is 7. The third-order valence-electron chi connectivity index (χ3n) is 4.06. The summed E-state index contributed by atoms with van der Waals surface area (Å²) in [6, 6.07) is 6.99. The van der Waals surface area contributed by atoms with Crippen LogP contribution >= 0.6 is 22.7 Å². The van der Waals surface area contributed by atoms with Crippen LogP contribution in [0.4, 0.5) is 0 Å². The van der Waals surface area contributed by atoms with Gasteiger partial charge < -0.3 is 20.3 Å². The predicted molar refractivity (Wildman–Crippen MR) is 89.6 cm³/mol. The Bertz CT molecular complexity index is 599. The fraction of sp³-hybridized carbons (Fsp3) is 0.438. The van der Waals surface area contributed by atoms with Crippen molar-refractivity contribution in [2.45, 2.75) is 24.0 Å². The Morgan fingerprint density at radius 1 is 1.22 bits per heavy atom. The Balaban J connectivity index is 1.79. The lowest BCUT2D eigenvalue weighted by Crippen LogP contribution is -2.47. The van der Waals surface area contributed by atoms with E-state index in [0.717, 1.165) is 0 Å². The highest BCUT2D eigenvalue weighted by Crippen LogP contribution is 2.37. The Labute approximate surface area is 142 Å². The molecule has 1 aliphatic rings. The van der Waals surface area contributed by atoms with Crippen molar-refractivity contribution in [2.24, 2.45) is 0 Å². The van der Waals surface area contributed by atoms with Gasteiger partial charge in [-0.25, -0.2) is 4.79 Å². The van der Waals surface area contributed by atoms with Crippen LogP contribution in [0.15, 0.2) is 35.0 Å². The minimum Gasteiger partial charge on any atom is -0.460 e. The lowest BCUT2D eigenvalue weighted by Gasteiger charge is -2.33. The molecule has 1 fully saturated rings. The van der Waals surface area contributed by atoms with Gasteiger partial charge in [0.25, 0.3) is 0 Å². The molecule has 0 saturated carbocycles. The quantitative estimate of drug-likeness (QED) is 0.713. The van der Waals surface area contributed by atoms with Crippen LogP contribution in [-0.2, 0) is 15.1 Å². The molecule has 3 N–H and O–H groups in total. The van der Waals surface area contributed by atoms with Gasteiger partial charge >= 0.3 is 5.97 Å². The minimum atomic E-state index is -1.81. The van der Waals surface area contributed by atoms with Gasteiger partial charge in [-0.1, -0.05) is 12.1 Å². The van der Waals surface area contributed by atoms with Gasteiger partial charge in [0, 0.05) is 0 Å². The van der Waals surface area contributed by atoms with Gasteiger partial charge in [0.05, 0.1) is 9.75 Å². The molecule has 0 aliphatic carbocycles. The molecule has 3 rings (SSSR count). The summed E-state index contributed by atoms with van der Waals surface area (Å²) in [6.07, 6.45) is 1.05. The lowest BCUT2D eigenvalue weighted by molar-refractivity contribution is -0.170. The van der Waals surface area contributed by atoms with Crippen LogP contribution in [0.25, 0.3) is 0 Å². The van der Waals surface area contributed by atoms with E-state index in [4.69, 9.17) is 4.74 Å². The summed E-state index contributed by atoms with van der Waals surface area (Å²) in [4.78, 5) is 13.7. The largest absolute Gasteiger partial charge is 0.460 e. The van der Waals surface area contributed by atoms with Crippen LogP contribution in [-0.4, -0.2) is 41.5 Å². The van der Waals surface area contributed by atoms with Crippen LogP contribution in [0.5, 0.6) is 0 Å². The zero-order valence-corrected chi connectivity index (χ0v) is 14.2. The molecule has 0 radical (unpaired) electrons. The third-order valence-corrected chi connectivity index (χ3v) is 6.01. The maximum Gasteiger partial charge on any atom is 0.349 e. The van der Waals surface area contributed by atoms with E-state index >= 15 is 0 Å². The van der Waals surface area contributed by atoms with Gasteiger partial charge in [-0.3, -0.25) is 0 Å². The fourth-order valence-corrected chi connectivity index (χ4v) is 4.35. The van der Waals surface area contributed by atoms with Gasteiger partial charge in [0.2, 0.25) is 5.60 Å². The number of rotatable bonds is 5. The van der Waals surface area contributed by atoms with E-state index in [1.54, 1.807) is 24.3 Å². The molecular formula is C16H19NO4S2. The van der Waals surface area contributed by atoms with Crippen molar-refractivity contribution in [1.29, 1.82) is 0 Å². The van der Waals surface area contributed by atoms with Gasteiger partial charge in [0.15, 0.2) is 0 Å². The summed E-state index contributed by atoms with van der Waals surface area (Å²) in [5.41, 5.74) is -2.83. The molecule has 0 spiro atoms. The van der Waals surface area contributed by atoms with Crippen molar-refractivity contribution < 1.29 is 19.7 Å². The van der Waals surface area contributed by atoms with E-state index in [0.29, 0.717) is 35.7 Å². The van der Waals surface area contributed by atoms with E-state index in [2.05, 4.69) is 5.32 Å². The van der Waals surface area contributed by atoms with Crippen LogP contribution in [0.2, 0.25) is 0 Å². The Hall–Kier alpha value is -1.25. The second kappa shape index (κ2) is 6.70. The maximum atomic E-state index is 12.7. The van der Waals surface area contributed by atoms with Crippen LogP contribution < -0.4 is 5.32 Å². The zero-order valence-electron chi connectivity index (χ0n) is 12.5. The molecule has 2 aromatic heterocycles. The highest BCUT2D eigenvalue weighted by Gasteiger charge is 2.45. The van der Waals surface area contributed by atoms with Crippen molar-refractivity contribution in [3.8, 4) is 0 Å². The van der Waals surface area contributed by atoms with E-state index < -0.39 is 17.2 Å². The molecule has 0 amide bonds. The highest BCUT2D eigenvalue weighted by atomic mass is 32.1. The topological polar surface area (TPSA) is 78.8 Å². The van der Waals surface area contributed by atoms with Crippen molar-refractivity contribution in [3.63, 3.8) is 0 Å². The number of ether oxygens (including phenoxy) is 1. The molecule has 0 unspecified atom stereocenters. The summed E-state index contributed by atoms with van der Waals surface area (Å²) in [5, 5.41) is 28.3. The number of esters is 1. The van der Waals surface area contributed by atoms with Crippen LogP contribution in [0.3, 0.4) is 0 Å². The summed E-state index contributed by atoms with van der Waals surface area (Å²) in [6.45, 7) is 1.27. The van der Waals surface area contributed by atoms with Gasteiger partial charge in [-0.2, -0.15) is 0 Å². The van der Waals surface area contributed by atoms with Gasteiger partial charge in [-0.05, 0) is 48.8 Å². The molecule has 5 nitrogen and oxygen atoms in total. The first-order valence-electron chi connectivity index (χ1n) is 7.45. The third kappa shape index (κ3) is 3.34. The molecular weight excluding hydrogens is 334 g/mol. The number of piperidine rings is 1. The Kier molecular flexibility index (Phi) is 4.84. The summed E-state index contributed by atoms with van der Waals surface area (Å²) >= 11 is 2.60. The second-order valence-electron chi connectivity index (χ2n) is 5.72. The van der Waals surface area contributed by atoms with E-state index in [1.807, 2.05) is 10.8 Å². The molecule has 3 heterocycles. The van der Waals surface area contributed by atoms with Crippen molar-refractivity contribution in [2.75, 3.05) is 19.7 Å².